The highest BCUT2D eigenvalue weighted by Crippen LogP contribution is 2.17. The monoisotopic (exact) mass is 140 g/mol. The standard InChI is InChI=1S/C9H18N/c1-8-5-9(2)7-10(3,4)6-8/h5,8H,6-7H2,1-4H3/q+1. The molecule has 0 saturated carbocycles. The van der Waals surface area contributed by atoms with Crippen LogP contribution in [0.2, 0.25) is 0 Å². The van der Waals surface area contributed by atoms with Gasteiger partial charge in [0.2, 0.25) is 0 Å². The van der Waals surface area contributed by atoms with Gasteiger partial charge in [0.25, 0.3) is 0 Å². The fourth-order valence-electron chi connectivity index (χ4n) is 2.11. The van der Waals surface area contributed by atoms with E-state index in [4.69, 9.17) is 0 Å². The van der Waals surface area contributed by atoms with Crippen LogP contribution in [-0.2, 0) is 0 Å². The lowest BCUT2D eigenvalue weighted by Crippen LogP contribution is -2.46. The van der Waals surface area contributed by atoms with Crippen molar-refractivity contribution in [1.29, 1.82) is 0 Å². The lowest BCUT2D eigenvalue weighted by atomic mass is 10.0. The molecule has 1 unspecified atom stereocenters. The van der Waals surface area contributed by atoms with Crippen molar-refractivity contribution in [2.45, 2.75) is 13.8 Å². The van der Waals surface area contributed by atoms with Crippen molar-refractivity contribution in [3.05, 3.63) is 11.6 Å². The third kappa shape index (κ3) is 1.84. The highest BCUT2D eigenvalue weighted by Gasteiger charge is 2.22. The van der Waals surface area contributed by atoms with E-state index in [1.165, 1.54) is 13.1 Å². The molecule has 1 atom stereocenters. The molecule has 0 N–H and O–H groups in total. The van der Waals surface area contributed by atoms with Gasteiger partial charge < -0.3 is 4.48 Å². The number of rotatable bonds is 0. The van der Waals surface area contributed by atoms with Crippen molar-refractivity contribution < 1.29 is 4.48 Å². The van der Waals surface area contributed by atoms with Gasteiger partial charge in [-0.15, -0.1) is 0 Å². The number of likely N-dealkylation sites (N-methyl/N-ethyl adjacent to an activating group) is 1. The van der Waals surface area contributed by atoms with Gasteiger partial charge in [0.05, 0.1) is 27.2 Å². The molecule has 0 radical (unpaired) electrons. The van der Waals surface area contributed by atoms with Crippen LogP contribution in [0.5, 0.6) is 0 Å². The Morgan fingerprint density at radius 3 is 2.50 bits per heavy atom. The van der Waals surface area contributed by atoms with E-state index < -0.39 is 0 Å². The molecule has 1 heterocycles. The molecule has 1 aliphatic heterocycles. The molecule has 0 spiro atoms. The predicted molar refractivity (Wildman–Crippen MR) is 44.8 cm³/mol. The summed E-state index contributed by atoms with van der Waals surface area (Å²) in [5.74, 6) is 0.767. The molecule has 1 heteroatoms. The van der Waals surface area contributed by atoms with E-state index in [-0.39, 0.29) is 0 Å². The molecule has 1 nitrogen and oxygen atoms in total. The first-order chi connectivity index (χ1) is 4.49. The van der Waals surface area contributed by atoms with Crippen molar-refractivity contribution in [2.75, 3.05) is 27.2 Å². The average molecular weight is 140 g/mol. The fourth-order valence-corrected chi connectivity index (χ4v) is 2.11. The molecule has 0 aromatic rings. The Kier molecular flexibility index (Phi) is 1.86. The van der Waals surface area contributed by atoms with E-state index in [2.05, 4.69) is 34.0 Å². The third-order valence-electron chi connectivity index (χ3n) is 2.03. The zero-order valence-electron chi connectivity index (χ0n) is 7.52. The summed E-state index contributed by atoms with van der Waals surface area (Å²) < 4.78 is 1.16. The first kappa shape index (κ1) is 7.80. The normalized spacial score (nSPS) is 31.6. The van der Waals surface area contributed by atoms with Gasteiger partial charge in [-0.05, 0) is 12.5 Å². The minimum atomic E-state index is 0.767. The number of nitrogens with zero attached hydrogens (tertiary/aromatic N) is 1. The summed E-state index contributed by atoms with van der Waals surface area (Å²) in [6, 6.07) is 0. The van der Waals surface area contributed by atoms with Gasteiger partial charge in [-0.3, -0.25) is 0 Å². The molecule has 0 aliphatic carbocycles. The number of quaternary nitrogens is 1. The Hall–Kier alpha value is -0.300. The SMILES string of the molecule is CC1=CC(C)C[N+](C)(C)C1. The van der Waals surface area contributed by atoms with Crippen LogP contribution in [0.3, 0.4) is 0 Å². The fraction of sp³-hybridized carbons (Fsp3) is 0.778. The topological polar surface area (TPSA) is 0 Å². The van der Waals surface area contributed by atoms with Gasteiger partial charge in [-0.1, -0.05) is 13.0 Å². The molecule has 0 amide bonds. The highest BCUT2D eigenvalue weighted by atomic mass is 15.3. The van der Waals surface area contributed by atoms with Crippen LogP contribution < -0.4 is 0 Å². The summed E-state index contributed by atoms with van der Waals surface area (Å²) in [6.07, 6.45) is 2.39. The van der Waals surface area contributed by atoms with Gasteiger partial charge in [0.15, 0.2) is 0 Å². The average Bonchev–Trinajstić information content (AvgIpc) is 1.54. The molecular weight excluding hydrogens is 122 g/mol. The van der Waals surface area contributed by atoms with E-state index in [0.29, 0.717) is 0 Å². The van der Waals surface area contributed by atoms with Crippen LogP contribution in [0.4, 0.5) is 0 Å². The quantitative estimate of drug-likeness (QED) is 0.354. The summed E-state index contributed by atoms with van der Waals surface area (Å²) in [4.78, 5) is 0. The van der Waals surface area contributed by atoms with Gasteiger partial charge >= 0.3 is 0 Å². The molecule has 1 rings (SSSR count). The van der Waals surface area contributed by atoms with Crippen LogP contribution in [0, 0.1) is 5.92 Å². The predicted octanol–water partition coefficient (Wildman–Crippen LogP) is 1.66. The Morgan fingerprint density at radius 1 is 1.50 bits per heavy atom. The smallest absolute Gasteiger partial charge is 0.0996 e. The molecule has 0 aromatic heterocycles. The molecule has 58 valence electrons. The molecule has 1 aliphatic rings. The van der Waals surface area contributed by atoms with Gasteiger partial charge in [0.1, 0.15) is 0 Å². The van der Waals surface area contributed by atoms with E-state index in [9.17, 15) is 0 Å². The Bertz CT molecular complexity index is 156. The van der Waals surface area contributed by atoms with E-state index >= 15 is 0 Å². The summed E-state index contributed by atoms with van der Waals surface area (Å²) >= 11 is 0. The zero-order chi connectivity index (χ0) is 7.78. The number of hydrogen-bond acceptors (Lipinski definition) is 0. The molecule has 0 aromatic carbocycles. The van der Waals surface area contributed by atoms with E-state index in [0.717, 1.165) is 10.4 Å². The minimum Gasteiger partial charge on any atom is -0.325 e. The van der Waals surface area contributed by atoms with Crippen LogP contribution in [0.1, 0.15) is 13.8 Å². The maximum atomic E-state index is 2.39. The van der Waals surface area contributed by atoms with Crippen molar-refractivity contribution in [3.63, 3.8) is 0 Å². The molecule has 0 fully saturated rings. The second kappa shape index (κ2) is 2.39. The second-order valence-corrected chi connectivity index (χ2v) is 4.27. The minimum absolute atomic E-state index is 0.767. The largest absolute Gasteiger partial charge is 0.325 e. The maximum absolute atomic E-state index is 2.39. The Labute approximate surface area is 63.9 Å². The van der Waals surface area contributed by atoms with Crippen molar-refractivity contribution in [3.8, 4) is 0 Å². The van der Waals surface area contributed by atoms with Crippen molar-refractivity contribution in [1.82, 2.24) is 0 Å². The van der Waals surface area contributed by atoms with Crippen LogP contribution in [-0.4, -0.2) is 31.7 Å². The Morgan fingerprint density at radius 2 is 2.10 bits per heavy atom. The molecule has 10 heavy (non-hydrogen) atoms. The highest BCUT2D eigenvalue weighted by molar-refractivity contribution is 5.03. The summed E-state index contributed by atoms with van der Waals surface area (Å²) in [7, 11) is 4.60. The van der Waals surface area contributed by atoms with Crippen LogP contribution in [0.15, 0.2) is 11.6 Å². The summed E-state index contributed by atoms with van der Waals surface area (Å²) in [5.41, 5.74) is 1.55. The van der Waals surface area contributed by atoms with Crippen LogP contribution >= 0.6 is 0 Å². The van der Waals surface area contributed by atoms with E-state index in [1.807, 2.05) is 0 Å². The lowest BCUT2D eigenvalue weighted by molar-refractivity contribution is -0.889. The Balaban J connectivity index is 2.70. The second-order valence-electron chi connectivity index (χ2n) is 4.27. The maximum Gasteiger partial charge on any atom is 0.0996 e. The molecule has 0 bridgehead atoms. The first-order valence-electron chi connectivity index (χ1n) is 3.99. The molecular formula is C9H18N+. The van der Waals surface area contributed by atoms with Crippen LogP contribution in [0.25, 0.3) is 0 Å². The van der Waals surface area contributed by atoms with E-state index in [1.54, 1.807) is 5.57 Å². The summed E-state index contributed by atoms with van der Waals surface area (Å²) in [6.45, 7) is 7.04. The summed E-state index contributed by atoms with van der Waals surface area (Å²) in [5, 5.41) is 0. The first-order valence-corrected chi connectivity index (χ1v) is 3.99. The molecule has 0 saturated heterocycles. The van der Waals surface area contributed by atoms with Crippen molar-refractivity contribution in [2.24, 2.45) is 5.92 Å². The number of hydrogen-bond donors (Lipinski definition) is 0. The lowest BCUT2D eigenvalue weighted by Gasteiger charge is -2.35. The van der Waals surface area contributed by atoms with Crippen molar-refractivity contribution >= 4 is 0 Å². The van der Waals surface area contributed by atoms with Gasteiger partial charge in [-0.2, -0.15) is 0 Å². The van der Waals surface area contributed by atoms with Gasteiger partial charge in [-0.25, -0.2) is 0 Å². The third-order valence-corrected chi connectivity index (χ3v) is 2.03. The zero-order valence-corrected chi connectivity index (χ0v) is 7.52. The van der Waals surface area contributed by atoms with Gasteiger partial charge in [0, 0.05) is 5.92 Å².